The van der Waals surface area contributed by atoms with E-state index in [-0.39, 0.29) is 24.5 Å². The summed E-state index contributed by atoms with van der Waals surface area (Å²) in [5.74, 6) is 0.802. The molecule has 8 heteroatoms. The molecule has 0 unspecified atom stereocenters. The number of nitrogens with zero attached hydrogens (tertiary/aromatic N) is 1. The number of carbonyl (C=O) groups is 2. The second-order valence-corrected chi connectivity index (χ2v) is 7.24. The number of anilines is 1. The monoisotopic (exact) mass is 446 g/mol. The summed E-state index contributed by atoms with van der Waals surface area (Å²) in [6.45, 7) is 3.64. The maximum atomic E-state index is 12.9. The molecule has 2 rings (SSSR count). The summed E-state index contributed by atoms with van der Waals surface area (Å²) in [6.07, 6.45) is 2.90. The third kappa shape index (κ3) is 6.65. The topological polar surface area (TPSA) is 77.1 Å². The van der Waals surface area contributed by atoms with Crippen molar-refractivity contribution < 1.29 is 23.8 Å². The zero-order valence-electron chi connectivity index (χ0n) is 18.3. The fourth-order valence-corrected chi connectivity index (χ4v) is 3.00. The number of amides is 2. The van der Waals surface area contributed by atoms with Crippen LogP contribution in [-0.2, 0) is 9.59 Å². The van der Waals surface area contributed by atoms with E-state index in [1.807, 2.05) is 13.8 Å². The Morgan fingerprint density at radius 1 is 1.16 bits per heavy atom. The van der Waals surface area contributed by atoms with Gasteiger partial charge in [0.2, 0.25) is 5.91 Å². The van der Waals surface area contributed by atoms with Gasteiger partial charge in [0.05, 0.1) is 25.3 Å². The normalized spacial score (nSPS) is 10.8. The molecule has 0 aliphatic carbocycles. The van der Waals surface area contributed by atoms with Crippen molar-refractivity contribution in [3.8, 4) is 17.2 Å². The minimum absolute atomic E-state index is 0.0736. The summed E-state index contributed by atoms with van der Waals surface area (Å²) >= 11 is 6.35. The van der Waals surface area contributed by atoms with Crippen molar-refractivity contribution in [3.05, 3.63) is 53.1 Å². The van der Waals surface area contributed by atoms with Gasteiger partial charge < -0.3 is 19.5 Å². The fraction of sp³-hybridized carbons (Fsp3) is 0.304. The Kier molecular flexibility index (Phi) is 8.75. The highest BCUT2D eigenvalue weighted by Crippen LogP contribution is 2.37. The van der Waals surface area contributed by atoms with Crippen molar-refractivity contribution in [1.29, 1.82) is 0 Å². The Morgan fingerprint density at radius 2 is 1.90 bits per heavy atom. The lowest BCUT2D eigenvalue weighted by Crippen LogP contribution is -2.39. The van der Waals surface area contributed by atoms with Crippen LogP contribution in [-0.4, -0.2) is 45.7 Å². The van der Waals surface area contributed by atoms with Gasteiger partial charge in [-0.25, -0.2) is 0 Å². The average molecular weight is 447 g/mol. The average Bonchev–Trinajstić information content (AvgIpc) is 2.76. The van der Waals surface area contributed by atoms with Gasteiger partial charge in [0, 0.05) is 24.9 Å². The van der Waals surface area contributed by atoms with Crippen LogP contribution >= 0.6 is 11.6 Å². The molecular formula is C23H27ClN2O5. The largest absolute Gasteiger partial charge is 0.497 e. The number of likely N-dealkylation sites (N-methyl/N-ethyl adjacent to an activating group) is 1. The van der Waals surface area contributed by atoms with E-state index in [1.165, 1.54) is 32.2 Å². The molecule has 31 heavy (non-hydrogen) atoms. The minimum atomic E-state index is -0.380. The van der Waals surface area contributed by atoms with Crippen LogP contribution in [0.4, 0.5) is 5.69 Å². The summed E-state index contributed by atoms with van der Waals surface area (Å²) in [4.78, 5) is 26.3. The van der Waals surface area contributed by atoms with Crippen LogP contribution in [0.1, 0.15) is 19.4 Å². The van der Waals surface area contributed by atoms with Crippen molar-refractivity contribution in [3.63, 3.8) is 0 Å². The van der Waals surface area contributed by atoms with E-state index in [4.69, 9.17) is 25.8 Å². The van der Waals surface area contributed by atoms with Gasteiger partial charge in [0.1, 0.15) is 12.3 Å². The minimum Gasteiger partial charge on any atom is -0.497 e. The molecule has 0 heterocycles. The third-order valence-electron chi connectivity index (χ3n) is 4.24. The van der Waals surface area contributed by atoms with Gasteiger partial charge >= 0.3 is 0 Å². The number of carbonyl (C=O) groups excluding carboxylic acids is 2. The molecule has 0 bridgehead atoms. The molecule has 2 aromatic carbocycles. The van der Waals surface area contributed by atoms with Crippen molar-refractivity contribution in [1.82, 2.24) is 5.32 Å². The molecule has 0 spiro atoms. The predicted molar refractivity (Wildman–Crippen MR) is 122 cm³/mol. The van der Waals surface area contributed by atoms with Gasteiger partial charge in [-0.1, -0.05) is 17.7 Å². The number of hydrogen-bond donors (Lipinski definition) is 1. The zero-order chi connectivity index (χ0) is 23.0. The van der Waals surface area contributed by atoms with Gasteiger partial charge in [0.25, 0.3) is 5.91 Å². The summed E-state index contributed by atoms with van der Waals surface area (Å²) in [5, 5.41) is 2.90. The first-order valence-electron chi connectivity index (χ1n) is 9.67. The van der Waals surface area contributed by atoms with Gasteiger partial charge in [-0.15, -0.1) is 0 Å². The quantitative estimate of drug-likeness (QED) is 0.590. The highest BCUT2D eigenvalue weighted by Gasteiger charge is 2.18. The first-order valence-corrected chi connectivity index (χ1v) is 10.0. The van der Waals surface area contributed by atoms with Gasteiger partial charge in [-0.05, 0) is 49.8 Å². The third-order valence-corrected chi connectivity index (χ3v) is 4.52. The molecular weight excluding hydrogens is 420 g/mol. The number of ether oxygens (including phenoxy) is 3. The highest BCUT2D eigenvalue weighted by molar-refractivity contribution is 6.32. The van der Waals surface area contributed by atoms with E-state index in [0.717, 1.165) is 0 Å². The van der Waals surface area contributed by atoms with Crippen LogP contribution in [0.25, 0.3) is 6.08 Å². The second-order valence-electron chi connectivity index (χ2n) is 6.83. The summed E-state index contributed by atoms with van der Waals surface area (Å²) in [6, 6.07) is 10.3. The molecule has 7 nitrogen and oxygen atoms in total. The first-order chi connectivity index (χ1) is 14.8. The van der Waals surface area contributed by atoms with Crippen LogP contribution in [0.3, 0.4) is 0 Å². The molecule has 2 amide bonds. The van der Waals surface area contributed by atoms with Crippen molar-refractivity contribution in [2.45, 2.75) is 20.0 Å². The highest BCUT2D eigenvalue weighted by atomic mass is 35.5. The van der Waals surface area contributed by atoms with Crippen LogP contribution in [0.2, 0.25) is 5.02 Å². The van der Waals surface area contributed by atoms with Crippen LogP contribution in [0.5, 0.6) is 17.2 Å². The van der Waals surface area contributed by atoms with E-state index in [9.17, 15) is 9.59 Å². The van der Waals surface area contributed by atoms with Gasteiger partial charge in [-0.3, -0.25) is 14.5 Å². The summed E-state index contributed by atoms with van der Waals surface area (Å²) in [7, 11) is 4.57. The Morgan fingerprint density at radius 3 is 2.52 bits per heavy atom. The molecule has 0 aliphatic heterocycles. The van der Waals surface area contributed by atoms with Gasteiger partial charge in [-0.2, -0.15) is 0 Å². The number of nitrogens with one attached hydrogen (secondary N) is 1. The van der Waals surface area contributed by atoms with Crippen molar-refractivity contribution in [2.75, 3.05) is 32.7 Å². The predicted octanol–water partition coefficient (Wildman–Crippen LogP) is 3.94. The molecule has 166 valence electrons. The lowest BCUT2D eigenvalue weighted by Gasteiger charge is -2.21. The van der Waals surface area contributed by atoms with Crippen LogP contribution < -0.4 is 24.4 Å². The molecule has 0 saturated carbocycles. The summed E-state index contributed by atoms with van der Waals surface area (Å²) in [5.41, 5.74) is 1.19. The lowest BCUT2D eigenvalue weighted by atomic mass is 10.1. The number of halogens is 1. The molecule has 0 saturated heterocycles. The lowest BCUT2D eigenvalue weighted by molar-refractivity contribution is -0.121. The SMILES string of the molecule is CNC(=O)CN(C(=O)/C=C\c1cc(Cl)c(OC(C)C)c(OC)c1)c1cccc(OC)c1. The molecule has 0 atom stereocenters. The van der Waals surface area contributed by atoms with E-state index in [1.54, 1.807) is 42.5 Å². The Balaban J connectivity index is 2.33. The van der Waals surface area contributed by atoms with Crippen LogP contribution in [0, 0.1) is 0 Å². The maximum Gasteiger partial charge on any atom is 0.251 e. The molecule has 2 aromatic rings. The standard InChI is InChI=1S/C23H27ClN2O5/c1-15(2)31-23-19(24)11-16(12-20(23)30-5)9-10-22(28)26(14-21(27)25-3)17-7-6-8-18(13-17)29-4/h6-13,15H,14H2,1-5H3,(H,25,27)/b10-9-. The van der Waals surface area contributed by atoms with E-state index in [2.05, 4.69) is 5.32 Å². The first kappa shape index (κ1) is 24.1. The van der Waals surface area contributed by atoms with Crippen LogP contribution in [0.15, 0.2) is 42.5 Å². The molecule has 0 aromatic heterocycles. The Hall–Kier alpha value is -3.19. The maximum absolute atomic E-state index is 12.9. The number of rotatable bonds is 9. The molecule has 0 aliphatic rings. The Bertz CT molecular complexity index is 959. The number of benzene rings is 2. The summed E-state index contributed by atoms with van der Waals surface area (Å²) < 4.78 is 16.3. The van der Waals surface area contributed by atoms with E-state index < -0.39 is 0 Å². The number of methoxy groups -OCH3 is 2. The van der Waals surface area contributed by atoms with Gasteiger partial charge in [0.15, 0.2) is 11.5 Å². The molecule has 1 N–H and O–H groups in total. The van der Waals surface area contributed by atoms with E-state index in [0.29, 0.717) is 33.5 Å². The zero-order valence-corrected chi connectivity index (χ0v) is 19.0. The fourth-order valence-electron chi connectivity index (χ4n) is 2.74. The van der Waals surface area contributed by atoms with Crippen molar-refractivity contribution in [2.24, 2.45) is 0 Å². The van der Waals surface area contributed by atoms with Crippen molar-refractivity contribution >= 4 is 35.2 Å². The second kappa shape index (κ2) is 11.3. The number of hydrogen-bond acceptors (Lipinski definition) is 5. The Labute approximate surface area is 187 Å². The smallest absolute Gasteiger partial charge is 0.251 e. The van der Waals surface area contributed by atoms with E-state index >= 15 is 0 Å². The molecule has 0 radical (unpaired) electrons. The molecule has 0 fully saturated rings.